The topological polar surface area (TPSA) is 79.4 Å². The number of amides is 1. The Kier molecular flexibility index (Phi) is 6.29. The van der Waals surface area contributed by atoms with E-state index in [-0.39, 0.29) is 10.8 Å². The number of anilines is 1. The summed E-state index contributed by atoms with van der Waals surface area (Å²) in [5.41, 5.74) is 0.864. The van der Waals surface area contributed by atoms with Gasteiger partial charge in [-0.2, -0.15) is 4.31 Å². The number of carbonyl (C=O) groups is 1. The van der Waals surface area contributed by atoms with Gasteiger partial charge in [-0.25, -0.2) is 13.4 Å². The van der Waals surface area contributed by atoms with Crippen LogP contribution < -0.4 is 5.32 Å². The fourth-order valence-corrected chi connectivity index (χ4v) is 6.85. The molecule has 1 saturated heterocycles. The molecular formula is C21H21Cl2N3O3S2. The monoisotopic (exact) mass is 497 g/mol. The van der Waals surface area contributed by atoms with Crippen molar-refractivity contribution in [3.63, 3.8) is 0 Å². The van der Waals surface area contributed by atoms with Crippen molar-refractivity contribution < 1.29 is 13.2 Å². The highest BCUT2D eigenvalue weighted by Gasteiger charge is 2.31. The van der Waals surface area contributed by atoms with Crippen LogP contribution in [0, 0.1) is 11.8 Å². The minimum Gasteiger partial charge on any atom is -0.298 e. The fraction of sp³-hybridized carbons (Fsp3) is 0.333. The molecular weight excluding hydrogens is 477 g/mol. The molecule has 0 aliphatic carbocycles. The van der Waals surface area contributed by atoms with E-state index in [9.17, 15) is 13.2 Å². The van der Waals surface area contributed by atoms with Crippen molar-refractivity contribution in [3.05, 3.63) is 52.0 Å². The molecule has 1 aliphatic heterocycles. The van der Waals surface area contributed by atoms with Crippen LogP contribution in [0.15, 0.2) is 41.3 Å². The first-order valence-corrected chi connectivity index (χ1v) is 12.8. The number of rotatable bonds is 4. The minimum absolute atomic E-state index is 0.187. The van der Waals surface area contributed by atoms with Gasteiger partial charge >= 0.3 is 0 Å². The predicted molar refractivity (Wildman–Crippen MR) is 126 cm³/mol. The van der Waals surface area contributed by atoms with E-state index in [2.05, 4.69) is 24.1 Å². The lowest BCUT2D eigenvalue weighted by atomic mass is 9.94. The number of benzene rings is 2. The van der Waals surface area contributed by atoms with E-state index in [1.165, 1.54) is 39.9 Å². The number of nitrogens with one attached hydrogen (secondary N) is 1. The largest absolute Gasteiger partial charge is 0.298 e. The van der Waals surface area contributed by atoms with E-state index >= 15 is 0 Å². The molecule has 2 atom stereocenters. The average molecular weight is 498 g/mol. The molecule has 1 amide bonds. The fourth-order valence-electron chi connectivity index (χ4n) is 3.89. The number of fused-ring (bicyclic) bond motifs is 1. The average Bonchev–Trinajstić information content (AvgIpc) is 3.13. The molecule has 31 heavy (non-hydrogen) atoms. The summed E-state index contributed by atoms with van der Waals surface area (Å²) in [6.07, 6.45) is 1.02. The molecule has 2 heterocycles. The molecule has 1 fully saturated rings. The second kappa shape index (κ2) is 8.67. The summed E-state index contributed by atoms with van der Waals surface area (Å²) >= 11 is 13.5. The number of halogens is 2. The van der Waals surface area contributed by atoms with Crippen LogP contribution in [0.4, 0.5) is 5.13 Å². The lowest BCUT2D eigenvalue weighted by Crippen LogP contribution is -2.42. The minimum atomic E-state index is -3.59. The standard InChI is InChI=1S/C21H21Cl2N3O3S2/c1-12-9-13(2)11-26(10-12)31(28,29)15-5-3-14(4-6-15)20(27)25-21-24-19-17(30-21)8-7-16(22)18(19)23/h3-8,12-13H,9-11H2,1-2H3,(H,24,25,27)/t12-,13+. The summed E-state index contributed by atoms with van der Waals surface area (Å²) in [7, 11) is -3.59. The number of aromatic nitrogens is 1. The zero-order valence-corrected chi connectivity index (χ0v) is 20.1. The maximum atomic E-state index is 13.0. The molecule has 1 aromatic heterocycles. The Balaban J connectivity index is 1.51. The SMILES string of the molecule is C[C@@H]1C[C@H](C)CN(S(=O)(=O)c2ccc(C(=O)Nc3nc4c(Cl)c(Cl)ccc4s3)cc2)C1. The molecule has 2 aromatic carbocycles. The number of sulfonamides is 1. The molecule has 6 nitrogen and oxygen atoms in total. The third kappa shape index (κ3) is 4.59. The summed E-state index contributed by atoms with van der Waals surface area (Å²) in [5, 5.41) is 3.86. The van der Waals surface area contributed by atoms with E-state index in [1.807, 2.05) is 0 Å². The molecule has 0 saturated carbocycles. The summed E-state index contributed by atoms with van der Waals surface area (Å²) in [6, 6.07) is 9.44. The molecule has 0 bridgehead atoms. The van der Waals surface area contributed by atoms with Gasteiger partial charge in [-0.3, -0.25) is 10.1 Å². The van der Waals surface area contributed by atoms with E-state index in [1.54, 1.807) is 12.1 Å². The summed E-state index contributed by atoms with van der Waals surface area (Å²) < 4.78 is 28.3. The smallest absolute Gasteiger partial charge is 0.257 e. The molecule has 3 aromatic rings. The van der Waals surface area contributed by atoms with Gasteiger partial charge in [0.05, 0.1) is 19.6 Å². The van der Waals surface area contributed by atoms with E-state index in [0.717, 1.165) is 11.1 Å². The van der Waals surface area contributed by atoms with Gasteiger partial charge in [0, 0.05) is 18.7 Å². The molecule has 1 aliphatic rings. The molecule has 0 spiro atoms. The Hall–Kier alpha value is -1.71. The van der Waals surface area contributed by atoms with Gasteiger partial charge in [-0.05, 0) is 54.7 Å². The second-order valence-corrected chi connectivity index (χ2v) is 11.7. The summed E-state index contributed by atoms with van der Waals surface area (Å²) in [4.78, 5) is 17.2. The number of thiazole rings is 1. The number of carbonyl (C=O) groups excluding carboxylic acids is 1. The third-order valence-electron chi connectivity index (χ3n) is 5.26. The van der Waals surface area contributed by atoms with Gasteiger partial charge in [0.15, 0.2) is 5.13 Å². The van der Waals surface area contributed by atoms with Gasteiger partial charge in [0.25, 0.3) is 5.91 Å². The molecule has 0 radical (unpaired) electrons. The van der Waals surface area contributed by atoms with Crippen molar-refractivity contribution in [1.29, 1.82) is 0 Å². The second-order valence-electron chi connectivity index (χ2n) is 7.97. The number of hydrogen-bond acceptors (Lipinski definition) is 5. The van der Waals surface area contributed by atoms with Crippen molar-refractivity contribution in [2.75, 3.05) is 18.4 Å². The molecule has 4 rings (SSSR count). The predicted octanol–water partition coefficient (Wildman–Crippen LogP) is 5.52. The Morgan fingerprint density at radius 3 is 2.39 bits per heavy atom. The van der Waals surface area contributed by atoms with Crippen LogP contribution in [0.2, 0.25) is 10.0 Å². The normalized spacial score (nSPS) is 20.1. The van der Waals surface area contributed by atoms with Crippen molar-refractivity contribution in [2.45, 2.75) is 25.2 Å². The van der Waals surface area contributed by atoms with E-state index < -0.39 is 10.0 Å². The van der Waals surface area contributed by atoms with Gasteiger partial charge in [0.1, 0.15) is 5.52 Å². The highest BCUT2D eigenvalue weighted by molar-refractivity contribution is 7.89. The van der Waals surface area contributed by atoms with Crippen molar-refractivity contribution in [1.82, 2.24) is 9.29 Å². The van der Waals surface area contributed by atoms with Crippen LogP contribution >= 0.6 is 34.5 Å². The van der Waals surface area contributed by atoms with E-state index in [0.29, 0.717) is 51.2 Å². The maximum Gasteiger partial charge on any atom is 0.257 e. The van der Waals surface area contributed by atoms with Gasteiger partial charge in [0.2, 0.25) is 10.0 Å². The Labute approximate surface area is 195 Å². The van der Waals surface area contributed by atoms with Crippen molar-refractivity contribution in [3.8, 4) is 0 Å². The van der Waals surface area contributed by atoms with Crippen LogP contribution in [0.25, 0.3) is 10.2 Å². The Morgan fingerprint density at radius 1 is 1.10 bits per heavy atom. The lowest BCUT2D eigenvalue weighted by Gasteiger charge is -2.34. The molecule has 1 N–H and O–H groups in total. The van der Waals surface area contributed by atoms with Crippen LogP contribution in [0.1, 0.15) is 30.6 Å². The van der Waals surface area contributed by atoms with Crippen LogP contribution in [0.5, 0.6) is 0 Å². The first-order chi connectivity index (χ1) is 14.6. The molecule has 164 valence electrons. The van der Waals surface area contributed by atoms with Crippen LogP contribution in [0.3, 0.4) is 0 Å². The Morgan fingerprint density at radius 2 is 1.74 bits per heavy atom. The highest BCUT2D eigenvalue weighted by atomic mass is 35.5. The highest BCUT2D eigenvalue weighted by Crippen LogP contribution is 2.35. The van der Waals surface area contributed by atoms with E-state index in [4.69, 9.17) is 23.2 Å². The van der Waals surface area contributed by atoms with Gasteiger partial charge in [-0.15, -0.1) is 0 Å². The third-order valence-corrected chi connectivity index (χ3v) is 8.84. The quantitative estimate of drug-likeness (QED) is 0.514. The first-order valence-electron chi connectivity index (χ1n) is 9.81. The number of piperidine rings is 1. The zero-order chi connectivity index (χ0) is 22.3. The van der Waals surface area contributed by atoms with Crippen molar-refractivity contribution in [2.24, 2.45) is 11.8 Å². The maximum absolute atomic E-state index is 13.0. The number of hydrogen-bond donors (Lipinski definition) is 1. The van der Waals surface area contributed by atoms with Crippen LogP contribution in [-0.2, 0) is 10.0 Å². The molecule has 0 unspecified atom stereocenters. The lowest BCUT2D eigenvalue weighted by molar-refractivity contribution is 0.102. The zero-order valence-electron chi connectivity index (χ0n) is 16.9. The Bertz CT molecular complexity index is 1230. The first kappa shape index (κ1) is 22.5. The van der Waals surface area contributed by atoms with Gasteiger partial charge < -0.3 is 0 Å². The van der Waals surface area contributed by atoms with Crippen LogP contribution in [-0.4, -0.2) is 36.7 Å². The number of nitrogens with zero attached hydrogens (tertiary/aromatic N) is 2. The summed E-state index contributed by atoms with van der Waals surface area (Å²) in [5.74, 6) is 0.256. The molecule has 10 heteroatoms. The van der Waals surface area contributed by atoms with Gasteiger partial charge in [-0.1, -0.05) is 48.4 Å². The van der Waals surface area contributed by atoms with Crippen molar-refractivity contribution >= 4 is 65.8 Å². The summed E-state index contributed by atoms with van der Waals surface area (Å²) in [6.45, 7) is 5.15.